The molecule has 0 amide bonds. The van der Waals surface area contributed by atoms with Crippen LogP contribution in [0.25, 0.3) is 10.9 Å². The fraction of sp³-hybridized carbons (Fsp3) is 0.100. The molecule has 0 radical (unpaired) electrons. The van der Waals surface area contributed by atoms with Gasteiger partial charge in [-0.1, -0.05) is 0 Å². The number of benzene rings is 1. The fourth-order valence-electron chi connectivity index (χ4n) is 1.38. The van der Waals surface area contributed by atoms with Gasteiger partial charge in [-0.15, -0.1) is 0 Å². The molecule has 0 unspecified atom stereocenters. The predicted octanol–water partition coefficient (Wildman–Crippen LogP) is 1.53. The van der Waals surface area contributed by atoms with E-state index in [4.69, 9.17) is 10.4 Å². The van der Waals surface area contributed by atoms with Crippen LogP contribution in [0, 0.1) is 11.3 Å². The Balaban J connectivity index is 2.73. The average molecular weight is 172 g/mol. The molecule has 1 aromatic carbocycles. The monoisotopic (exact) mass is 172 g/mol. The number of nitrogens with zero attached hydrogens (tertiary/aromatic N) is 1. The lowest BCUT2D eigenvalue weighted by Gasteiger charge is -1.93. The van der Waals surface area contributed by atoms with Crippen molar-refractivity contribution in [3.8, 4) is 6.07 Å². The number of hydrogen-bond acceptors (Lipinski definition) is 2. The molecule has 0 saturated carbocycles. The zero-order valence-corrected chi connectivity index (χ0v) is 6.91. The summed E-state index contributed by atoms with van der Waals surface area (Å²) in [5, 5.41) is 18.6. The van der Waals surface area contributed by atoms with E-state index in [-0.39, 0.29) is 6.61 Å². The van der Waals surface area contributed by atoms with Crippen molar-refractivity contribution < 1.29 is 5.11 Å². The summed E-state index contributed by atoms with van der Waals surface area (Å²) in [6.07, 6.45) is 1.76. The highest BCUT2D eigenvalue weighted by Gasteiger charge is 2.02. The van der Waals surface area contributed by atoms with E-state index in [0.29, 0.717) is 5.56 Å². The summed E-state index contributed by atoms with van der Waals surface area (Å²) in [7, 11) is 0. The second kappa shape index (κ2) is 2.92. The van der Waals surface area contributed by atoms with Gasteiger partial charge in [0.15, 0.2) is 0 Å². The molecule has 0 aliphatic carbocycles. The van der Waals surface area contributed by atoms with Crippen LogP contribution in [-0.2, 0) is 6.61 Å². The Morgan fingerprint density at radius 1 is 1.46 bits per heavy atom. The van der Waals surface area contributed by atoms with Gasteiger partial charge >= 0.3 is 0 Å². The Bertz CT molecular complexity index is 479. The molecule has 0 atom stereocenters. The van der Waals surface area contributed by atoms with E-state index in [1.54, 1.807) is 18.3 Å². The van der Waals surface area contributed by atoms with E-state index >= 15 is 0 Å². The summed E-state index contributed by atoms with van der Waals surface area (Å²) in [6, 6.07) is 7.43. The van der Waals surface area contributed by atoms with Crippen LogP contribution in [0.15, 0.2) is 24.4 Å². The Morgan fingerprint density at radius 3 is 3.00 bits per heavy atom. The van der Waals surface area contributed by atoms with Crippen LogP contribution in [0.5, 0.6) is 0 Å². The molecule has 0 fully saturated rings. The third-order valence-electron chi connectivity index (χ3n) is 2.07. The van der Waals surface area contributed by atoms with Crippen LogP contribution in [0.3, 0.4) is 0 Å². The molecule has 64 valence electrons. The third-order valence-corrected chi connectivity index (χ3v) is 2.07. The van der Waals surface area contributed by atoms with Crippen molar-refractivity contribution in [3.63, 3.8) is 0 Å². The SMILES string of the molecule is N#Cc1ccc2[nH]cc(CO)c2c1. The van der Waals surface area contributed by atoms with E-state index in [2.05, 4.69) is 11.1 Å². The minimum atomic E-state index is -0.00508. The lowest BCUT2D eigenvalue weighted by molar-refractivity contribution is 0.283. The Hall–Kier alpha value is -1.79. The van der Waals surface area contributed by atoms with Crippen molar-refractivity contribution in [1.29, 1.82) is 5.26 Å². The van der Waals surface area contributed by atoms with Gasteiger partial charge in [0.2, 0.25) is 0 Å². The quantitative estimate of drug-likeness (QED) is 0.685. The van der Waals surface area contributed by atoms with Gasteiger partial charge in [0.25, 0.3) is 0 Å². The van der Waals surface area contributed by atoms with E-state index < -0.39 is 0 Å². The first kappa shape index (κ1) is 7.84. The second-order valence-electron chi connectivity index (χ2n) is 2.84. The molecule has 2 aromatic rings. The number of aliphatic hydroxyl groups excluding tert-OH is 1. The summed E-state index contributed by atoms with van der Waals surface area (Å²) < 4.78 is 0. The van der Waals surface area contributed by atoms with Gasteiger partial charge in [0.1, 0.15) is 0 Å². The molecule has 0 saturated heterocycles. The minimum Gasteiger partial charge on any atom is -0.392 e. The molecule has 3 heteroatoms. The molecule has 1 heterocycles. The molecule has 0 aliphatic heterocycles. The maximum Gasteiger partial charge on any atom is 0.0991 e. The molecule has 0 spiro atoms. The summed E-state index contributed by atoms with van der Waals surface area (Å²) in [6.45, 7) is -0.00508. The predicted molar refractivity (Wildman–Crippen MR) is 48.9 cm³/mol. The zero-order chi connectivity index (χ0) is 9.26. The Labute approximate surface area is 75.2 Å². The number of rotatable bonds is 1. The fourth-order valence-corrected chi connectivity index (χ4v) is 1.38. The van der Waals surface area contributed by atoms with Crippen molar-refractivity contribution in [2.24, 2.45) is 0 Å². The number of aromatic nitrogens is 1. The lowest BCUT2D eigenvalue weighted by Crippen LogP contribution is -1.79. The van der Waals surface area contributed by atoms with Crippen LogP contribution in [0.2, 0.25) is 0 Å². The average Bonchev–Trinajstić information content (AvgIpc) is 2.59. The van der Waals surface area contributed by atoms with Crippen molar-refractivity contribution in [2.75, 3.05) is 0 Å². The Kier molecular flexibility index (Phi) is 1.76. The van der Waals surface area contributed by atoms with Crippen molar-refractivity contribution in [2.45, 2.75) is 6.61 Å². The zero-order valence-electron chi connectivity index (χ0n) is 6.91. The summed E-state index contributed by atoms with van der Waals surface area (Å²) in [5.41, 5.74) is 2.39. The summed E-state index contributed by atoms with van der Waals surface area (Å²) in [5.74, 6) is 0. The molecule has 1 aromatic heterocycles. The maximum atomic E-state index is 8.99. The third kappa shape index (κ3) is 1.17. The normalized spacial score (nSPS) is 10.2. The Morgan fingerprint density at radius 2 is 2.31 bits per heavy atom. The van der Waals surface area contributed by atoms with Crippen LogP contribution in [0.4, 0.5) is 0 Å². The molecule has 0 bridgehead atoms. The highest BCUT2D eigenvalue weighted by Crippen LogP contribution is 2.19. The van der Waals surface area contributed by atoms with Gasteiger partial charge in [-0.2, -0.15) is 5.26 Å². The number of hydrogen-bond donors (Lipinski definition) is 2. The topological polar surface area (TPSA) is 59.8 Å². The number of nitriles is 1. The number of H-pyrrole nitrogens is 1. The lowest BCUT2D eigenvalue weighted by atomic mass is 10.1. The number of fused-ring (bicyclic) bond motifs is 1. The molecule has 3 nitrogen and oxygen atoms in total. The smallest absolute Gasteiger partial charge is 0.0991 e. The molecule has 13 heavy (non-hydrogen) atoms. The largest absolute Gasteiger partial charge is 0.392 e. The van der Waals surface area contributed by atoms with Gasteiger partial charge in [-0.3, -0.25) is 0 Å². The highest BCUT2D eigenvalue weighted by molar-refractivity contribution is 5.84. The van der Waals surface area contributed by atoms with Crippen molar-refractivity contribution in [3.05, 3.63) is 35.5 Å². The minimum absolute atomic E-state index is 0.00508. The highest BCUT2D eigenvalue weighted by atomic mass is 16.3. The summed E-state index contributed by atoms with van der Waals surface area (Å²) >= 11 is 0. The molecule has 2 rings (SSSR count). The number of aromatic amines is 1. The second-order valence-corrected chi connectivity index (χ2v) is 2.84. The molecule has 0 aliphatic rings. The first-order valence-corrected chi connectivity index (χ1v) is 3.96. The van der Waals surface area contributed by atoms with Gasteiger partial charge < -0.3 is 10.1 Å². The maximum absolute atomic E-state index is 8.99. The standard InChI is InChI=1S/C10H8N2O/c11-4-7-1-2-10-9(3-7)8(6-13)5-12-10/h1-3,5,12-13H,6H2. The van der Waals surface area contributed by atoms with Crippen molar-refractivity contribution in [1.82, 2.24) is 4.98 Å². The van der Waals surface area contributed by atoms with Gasteiger partial charge in [0, 0.05) is 22.7 Å². The molecular weight excluding hydrogens is 164 g/mol. The van der Waals surface area contributed by atoms with Crippen LogP contribution in [0.1, 0.15) is 11.1 Å². The van der Waals surface area contributed by atoms with Gasteiger partial charge in [-0.05, 0) is 18.2 Å². The van der Waals surface area contributed by atoms with Crippen LogP contribution >= 0.6 is 0 Å². The van der Waals surface area contributed by atoms with E-state index in [1.807, 2.05) is 6.07 Å². The van der Waals surface area contributed by atoms with Crippen LogP contribution in [-0.4, -0.2) is 10.1 Å². The molecule has 2 N–H and O–H groups in total. The first-order chi connectivity index (χ1) is 6.35. The van der Waals surface area contributed by atoms with Gasteiger partial charge in [0.05, 0.1) is 18.2 Å². The van der Waals surface area contributed by atoms with Gasteiger partial charge in [-0.25, -0.2) is 0 Å². The van der Waals surface area contributed by atoms with E-state index in [9.17, 15) is 0 Å². The summed E-state index contributed by atoms with van der Waals surface area (Å²) in [4.78, 5) is 3.02. The molecular formula is C10H8N2O. The van der Waals surface area contributed by atoms with E-state index in [1.165, 1.54) is 0 Å². The first-order valence-electron chi connectivity index (χ1n) is 3.96. The van der Waals surface area contributed by atoms with Crippen LogP contribution < -0.4 is 0 Å². The van der Waals surface area contributed by atoms with E-state index in [0.717, 1.165) is 16.5 Å². The number of aliphatic hydroxyl groups is 1. The van der Waals surface area contributed by atoms with Crippen molar-refractivity contribution >= 4 is 10.9 Å². The number of nitrogens with one attached hydrogen (secondary N) is 1.